The van der Waals surface area contributed by atoms with E-state index in [1.807, 2.05) is 67.9 Å². The number of ether oxygens (including phenoxy) is 1. The van der Waals surface area contributed by atoms with Crippen LogP contribution in [0.5, 0.6) is 5.75 Å². The van der Waals surface area contributed by atoms with E-state index in [9.17, 15) is 8.42 Å². The monoisotopic (exact) mass is 553 g/mol. The first-order valence-electron chi connectivity index (χ1n) is 13.2. The zero-order valence-corrected chi connectivity index (χ0v) is 24.3. The highest BCUT2D eigenvalue weighted by molar-refractivity contribution is 7.90. The van der Waals surface area contributed by atoms with Crippen molar-refractivity contribution in [2.24, 2.45) is 0 Å². The number of fused-ring (bicyclic) bond motifs is 1. The molecule has 0 N–H and O–H groups in total. The highest BCUT2D eigenvalue weighted by atomic mass is 32.2. The molecule has 3 heterocycles. The maximum absolute atomic E-state index is 12.3. The Kier molecular flexibility index (Phi) is 6.00. The van der Waals surface area contributed by atoms with Crippen LogP contribution in [0.3, 0.4) is 0 Å². The summed E-state index contributed by atoms with van der Waals surface area (Å²) in [7, 11) is -3.35. The fraction of sp³-hybridized carbons (Fsp3) is 0.250. The van der Waals surface area contributed by atoms with Gasteiger partial charge in [-0.25, -0.2) is 18.4 Å². The lowest BCUT2D eigenvalue weighted by Gasteiger charge is -2.16. The van der Waals surface area contributed by atoms with Gasteiger partial charge >= 0.3 is 0 Å². The lowest BCUT2D eigenvalue weighted by Crippen LogP contribution is -2.24. The third-order valence-electron chi connectivity index (χ3n) is 7.17. The van der Waals surface area contributed by atoms with Crippen LogP contribution in [0.25, 0.3) is 39.4 Å². The average molecular weight is 554 g/mol. The van der Waals surface area contributed by atoms with Crippen LogP contribution in [-0.4, -0.2) is 34.8 Å². The van der Waals surface area contributed by atoms with Crippen LogP contribution in [0.2, 0.25) is 0 Å². The van der Waals surface area contributed by atoms with Crippen LogP contribution in [0.4, 0.5) is 0 Å². The Labute approximate surface area is 234 Å². The van der Waals surface area contributed by atoms with Crippen molar-refractivity contribution >= 4 is 9.84 Å². The van der Waals surface area contributed by atoms with E-state index >= 15 is 0 Å². The predicted octanol–water partition coefficient (Wildman–Crippen LogP) is 6.90. The van der Waals surface area contributed by atoms with Crippen LogP contribution in [0.1, 0.15) is 36.8 Å². The average Bonchev–Trinajstić information content (AvgIpc) is 3.54. The summed E-state index contributed by atoms with van der Waals surface area (Å²) in [6.45, 7) is 9.95. The Bertz CT molecular complexity index is 1900. The number of sulfone groups is 1. The van der Waals surface area contributed by atoms with Crippen molar-refractivity contribution in [3.8, 4) is 45.1 Å². The second kappa shape index (κ2) is 9.20. The van der Waals surface area contributed by atoms with Crippen molar-refractivity contribution in [1.29, 1.82) is 0 Å². The van der Waals surface area contributed by atoms with Crippen molar-refractivity contribution in [3.63, 3.8) is 0 Å². The summed E-state index contributed by atoms with van der Waals surface area (Å²) < 4.78 is 38.9. The molecule has 0 radical (unpaired) electrons. The van der Waals surface area contributed by atoms with Gasteiger partial charge in [0.15, 0.2) is 21.5 Å². The molecule has 8 heteroatoms. The molecule has 5 aromatic rings. The van der Waals surface area contributed by atoms with Gasteiger partial charge in [0.25, 0.3) is 0 Å². The lowest BCUT2D eigenvalue weighted by atomic mass is 9.96. The number of hydrogen-bond acceptors (Lipinski definition) is 6. The van der Waals surface area contributed by atoms with E-state index < -0.39 is 9.84 Å². The van der Waals surface area contributed by atoms with E-state index in [-0.39, 0.29) is 10.5 Å². The van der Waals surface area contributed by atoms with E-state index in [2.05, 4.69) is 24.9 Å². The van der Waals surface area contributed by atoms with Crippen LogP contribution < -0.4 is 4.74 Å². The van der Waals surface area contributed by atoms with Gasteiger partial charge in [0.05, 0.1) is 16.3 Å². The zero-order valence-electron chi connectivity index (χ0n) is 23.4. The fourth-order valence-electron chi connectivity index (χ4n) is 5.44. The maximum atomic E-state index is 12.3. The van der Waals surface area contributed by atoms with Gasteiger partial charge in [-0.3, -0.25) is 0 Å². The normalized spacial score (nSPS) is 14.2. The van der Waals surface area contributed by atoms with Gasteiger partial charge in [-0.15, -0.1) is 0 Å². The standard InChI is InChI=1S/C32H31N3O4S/c1-19-18-35(20(2)33-19)28-12-10-23(22-8-7-9-26(15-22)40(6,36)37)16-27(28)30-31(38-21(3)34-30)24-11-13-29-25(14-24)17-32(4,5)39-29/h7-16,18H,17H2,1-6H3. The summed E-state index contributed by atoms with van der Waals surface area (Å²) in [5, 5.41) is 0. The van der Waals surface area contributed by atoms with E-state index in [0.29, 0.717) is 17.3 Å². The highest BCUT2D eigenvalue weighted by Crippen LogP contribution is 2.42. The minimum Gasteiger partial charge on any atom is -0.487 e. The molecule has 0 atom stereocenters. The number of aryl methyl sites for hydroxylation is 3. The maximum Gasteiger partial charge on any atom is 0.192 e. The van der Waals surface area contributed by atoms with E-state index in [1.54, 1.807) is 18.2 Å². The Morgan fingerprint density at radius 3 is 2.38 bits per heavy atom. The molecule has 6 rings (SSSR count). The van der Waals surface area contributed by atoms with Gasteiger partial charge in [-0.05, 0) is 86.8 Å². The summed E-state index contributed by atoms with van der Waals surface area (Å²) in [5.74, 6) is 2.97. The van der Waals surface area contributed by atoms with Crippen molar-refractivity contribution in [2.75, 3.05) is 6.26 Å². The van der Waals surface area contributed by atoms with E-state index in [1.165, 1.54) is 6.26 Å². The molecule has 1 aliphatic rings. The molecule has 0 saturated heterocycles. The van der Waals surface area contributed by atoms with Gasteiger partial charge in [0.1, 0.15) is 22.9 Å². The molecule has 1 aliphatic heterocycles. The van der Waals surface area contributed by atoms with Crippen LogP contribution in [0, 0.1) is 20.8 Å². The number of imidazole rings is 1. The second-order valence-corrected chi connectivity index (χ2v) is 13.1. The summed E-state index contributed by atoms with van der Waals surface area (Å²) in [6.07, 6.45) is 4.03. The summed E-state index contributed by atoms with van der Waals surface area (Å²) >= 11 is 0. The van der Waals surface area contributed by atoms with Crippen molar-refractivity contribution in [1.82, 2.24) is 14.5 Å². The molecule has 0 amide bonds. The minimum atomic E-state index is -3.35. The number of benzene rings is 3. The first-order chi connectivity index (χ1) is 18.9. The first kappa shape index (κ1) is 26.1. The SMILES string of the molecule is Cc1cn(-c2ccc(-c3cccc(S(C)(=O)=O)c3)cc2-c2nc(C)oc2-c2ccc3c(c2)CC(C)(C)O3)c(C)n1. The first-order valence-corrected chi connectivity index (χ1v) is 15.0. The Hall–Kier alpha value is -4.17. The molecule has 0 aliphatic carbocycles. The molecule has 0 fully saturated rings. The number of rotatable bonds is 5. The molecule has 2 aromatic heterocycles. The number of oxazole rings is 1. The third-order valence-corrected chi connectivity index (χ3v) is 8.28. The molecule has 0 spiro atoms. The fourth-order valence-corrected chi connectivity index (χ4v) is 6.11. The Morgan fingerprint density at radius 1 is 0.900 bits per heavy atom. The van der Waals surface area contributed by atoms with Crippen molar-refractivity contribution in [2.45, 2.75) is 51.5 Å². The highest BCUT2D eigenvalue weighted by Gasteiger charge is 2.31. The number of aromatic nitrogens is 3. The van der Waals surface area contributed by atoms with E-state index in [4.69, 9.17) is 14.1 Å². The zero-order chi connectivity index (χ0) is 28.4. The van der Waals surface area contributed by atoms with Gasteiger partial charge in [0, 0.05) is 36.9 Å². The molecular formula is C32H31N3O4S. The third kappa shape index (κ3) is 4.73. The number of nitrogens with zero attached hydrogens (tertiary/aromatic N) is 3. The van der Waals surface area contributed by atoms with Gasteiger partial charge < -0.3 is 13.7 Å². The molecule has 0 saturated carbocycles. The summed E-state index contributed by atoms with van der Waals surface area (Å²) in [5.41, 5.74) is 6.85. The topological polar surface area (TPSA) is 87.2 Å². The predicted molar refractivity (Wildman–Crippen MR) is 156 cm³/mol. The molecule has 7 nitrogen and oxygen atoms in total. The quantitative estimate of drug-likeness (QED) is 0.235. The smallest absolute Gasteiger partial charge is 0.192 e. The molecule has 0 unspecified atom stereocenters. The largest absolute Gasteiger partial charge is 0.487 e. The molecule has 3 aromatic carbocycles. The van der Waals surface area contributed by atoms with E-state index in [0.717, 1.165) is 57.2 Å². The second-order valence-electron chi connectivity index (χ2n) is 11.1. The van der Waals surface area contributed by atoms with Crippen molar-refractivity contribution in [3.05, 3.63) is 89.8 Å². The number of hydrogen-bond donors (Lipinski definition) is 0. The van der Waals surface area contributed by atoms with Crippen LogP contribution >= 0.6 is 0 Å². The van der Waals surface area contributed by atoms with Crippen LogP contribution in [-0.2, 0) is 16.3 Å². The minimum absolute atomic E-state index is 0.250. The summed E-state index contributed by atoms with van der Waals surface area (Å²) in [6, 6.07) is 19.2. The Balaban J connectivity index is 1.56. The van der Waals surface area contributed by atoms with Crippen LogP contribution in [0.15, 0.2) is 76.2 Å². The Morgan fingerprint density at radius 2 is 1.65 bits per heavy atom. The van der Waals surface area contributed by atoms with Crippen molar-refractivity contribution < 1.29 is 17.6 Å². The lowest BCUT2D eigenvalue weighted by molar-refractivity contribution is 0.138. The summed E-state index contributed by atoms with van der Waals surface area (Å²) in [4.78, 5) is 9.76. The molecular weight excluding hydrogens is 522 g/mol. The molecule has 204 valence electrons. The molecule has 0 bridgehead atoms. The van der Waals surface area contributed by atoms with Gasteiger partial charge in [-0.1, -0.05) is 18.2 Å². The van der Waals surface area contributed by atoms with Gasteiger partial charge in [-0.2, -0.15) is 0 Å². The van der Waals surface area contributed by atoms with Gasteiger partial charge in [0.2, 0.25) is 0 Å². The molecule has 40 heavy (non-hydrogen) atoms.